The van der Waals surface area contributed by atoms with Crippen LogP contribution in [0, 0.1) is 0 Å². The number of benzene rings is 2. The first-order valence-electron chi connectivity index (χ1n) is 9.50. The second-order valence-corrected chi connectivity index (χ2v) is 7.42. The van der Waals surface area contributed by atoms with Gasteiger partial charge < -0.3 is 19.8 Å². The fourth-order valence-electron chi connectivity index (χ4n) is 3.95. The Kier molecular flexibility index (Phi) is 3.86. The van der Waals surface area contributed by atoms with Crippen LogP contribution in [-0.2, 0) is 28.9 Å². The van der Waals surface area contributed by atoms with Gasteiger partial charge in [0.25, 0.3) is 5.91 Å². The van der Waals surface area contributed by atoms with Gasteiger partial charge in [0.1, 0.15) is 11.3 Å². The number of carbonyl (C=O) groups excluding carboxylic acids is 2. The van der Waals surface area contributed by atoms with Crippen molar-refractivity contribution in [3.8, 4) is 5.75 Å². The Bertz CT molecular complexity index is 1120. The van der Waals surface area contributed by atoms with Crippen molar-refractivity contribution in [2.75, 3.05) is 10.6 Å². The van der Waals surface area contributed by atoms with Crippen molar-refractivity contribution in [2.24, 2.45) is 0 Å². The number of fused-ring (bicyclic) bond motifs is 3. The third-order valence-electron chi connectivity index (χ3n) is 5.41. The fraction of sp³-hybridized carbons (Fsp3) is 0.273. The topological polar surface area (TPSA) is 80.6 Å². The van der Waals surface area contributed by atoms with Crippen LogP contribution in [0.5, 0.6) is 5.75 Å². The van der Waals surface area contributed by atoms with E-state index in [4.69, 9.17) is 9.15 Å². The first-order valence-corrected chi connectivity index (χ1v) is 9.50. The number of furan rings is 1. The summed E-state index contributed by atoms with van der Waals surface area (Å²) in [5, 5.41) is 6.68. The van der Waals surface area contributed by atoms with Crippen LogP contribution in [-0.4, -0.2) is 17.9 Å². The molecular formula is C22H20N2O4. The molecule has 0 fully saturated rings. The molecule has 5 rings (SSSR count). The Morgan fingerprint density at radius 2 is 2.04 bits per heavy atom. The normalized spacial score (nSPS) is 17.6. The highest BCUT2D eigenvalue weighted by molar-refractivity contribution is 6.00. The van der Waals surface area contributed by atoms with Crippen molar-refractivity contribution in [1.82, 2.24) is 0 Å². The molecule has 1 unspecified atom stereocenters. The molecule has 2 amide bonds. The molecule has 2 aromatic carbocycles. The van der Waals surface area contributed by atoms with E-state index in [-0.39, 0.29) is 18.2 Å². The van der Waals surface area contributed by atoms with E-state index in [2.05, 4.69) is 22.8 Å². The van der Waals surface area contributed by atoms with E-state index in [1.807, 2.05) is 0 Å². The molecule has 142 valence electrons. The highest BCUT2D eigenvalue weighted by Crippen LogP contribution is 2.33. The summed E-state index contributed by atoms with van der Waals surface area (Å²) in [7, 11) is 0. The quantitative estimate of drug-likeness (QED) is 0.728. The summed E-state index contributed by atoms with van der Waals surface area (Å²) >= 11 is 0. The molecule has 1 aliphatic heterocycles. The van der Waals surface area contributed by atoms with Crippen LogP contribution in [0.2, 0.25) is 0 Å². The summed E-state index contributed by atoms with van der Waals surface area (Å²) in [6.45, 7) is 1.69. The molecule has 0 saturated carbocycles. The number of hydrogen-bond donors (Lipinski definition) is 2. The zero-order chi connectivity index (χ0) is 19.3. The van der Waals surface area contributed by atoms with Gasteiger partial charge in [0.05, 0.1) is 18.4 Å². The van der Waals surface area contributed by atoms with Crippen LogP contribution in [0.25, 0.3) is 11.0 Å². The van der Waals surface area contributed by atoms with Gasteiger partial charge >= 0.3 is 0 Å². The van der Waals surface area contributed by atoms with Gasteiger partial charge in [-0.1, -0.05) is 0 Å². The predicted molar refractivity (Wildman–Crippen MR) is 106 cm³/mol. The van der Waals surface area contributed by atoms with Crippen LogP contribution in [0.1, 0.15) is 30.0 Å². The van der Waals surface area contributed by atoms with Crippen molar-refractivity contribution in [3.05, 3.63) is 53.3 Å². The molecule has 0 saturated heterocycles. The van der Waals surface area contributed by atoms with Crippen LogP contribution in [0.4, 0.5) is 11.4 Å². The lowest BCUT2D eigenvalue weighted by molar-refractivity contribution is -0.122. The second kappa shape index (κ2) is 6.41. The number of aryl methyl sites for hydroxylation is 2. The molecule has 0 spiro atoms. The zero-order valence-electron chi connectivity index (χ0n) is 15.5. The Morgan fingerprint density at radius 1 is 1.21 bits per heavy atom. The first kappa shape index (κ1) is 16.9. The predicted octanol–water partition coefficient (Wildman–Crippen LogP) is 3.82. The van der Waals surface area contributed by atoms with Crippen LogP contribution < -0.4 is 15.4 Å². The summed E-state index contributed by atoms with van der Waals surface area (Å²) in [6.07, 6.45) is 4.73. The minimum Gasteiger partial charge on any atom is -0.479 e. The molecule has 6 heteroatoms. The van der Waals surface area contributed by atoms with E-state index in [9.17, 15) is 9.59 Å². The fourth-order valence-corrected chi connectivity index (χ4v) is 3.95. The number of ether oxygens (including phenoxy) is 1. The SMILES string of the molecule is CC1Oc2ccc(NC(=O)Cc3coc4cc5c(cc34)CCC5)cc2NC1=O. The lowest BCUT2D eigenvalue weighted by Crippen LogP contribution is -2.34. The standard InChI is InChI=1S/C22H20N2O4/c1-12-22(26)24-18-10-16(5-6-19(18)28-12)23-21(25)9-15-11-27-20-8-14-4-2-3-13(14)7-17(15)20/h5-8,10-12H,2-4,9H2,1H3,(H,23,25)(H,24,26). The maximum absolute atomic E-state index is 12.6. The van der Waals surface area contributed by atoms with Gasteiger partial charge in [-0.2, -0.15) is 0 Å². The van der Waals surface area contributed by atoms with E-state index < -0.39 is 6.10 Å². The highest BCUT2D eigenvalue weighted by atomic mass is 16.5. The third kappa shape index (κ3) is 2.91. The monoisotopic (exact) mass is 376 g/mol. The lowest BCUT2D eigenvalue weighted by Gasteiger charge is -2.23. The minimum atomic E-state index is -0.524. The molecule has 0 bridgehead atoms. The average Bonchev–Trinajstić information content (AvgIpc) is 3.27. The number of nitrogens with one attached hydrogen (secondary N) is 2. The maximum atomic E-state index is 12.6. The van der Waals surface area contributed by atoms with Crippen molar-refractivity contribution >= 4 is 34.2 Å². The second-order valence-electron chi connectivity index (χ2n) is 7.42. The molecule has 2 aliphatic rings. The van der Waals surface area contributed by atoms with Gasteiger partial charge in [-0.15, -0.1) is 0 Å². The number of hydrogen-bond acceptors (Lipinski definition) is 4. The minimum absolute atomic E-state index is 0.139. The van der Waals surface area contributed by atoms with Gasteiger partial charge in [-0.3, -0.25) is 9.59 Å². The molecule has 2 heterocycles. The van der Waals surface area contributed by atoms with Crippen LogP contribution in [0.15, 0.2) is 41.0 Å². The molecule has 1 atom stereocenters. The van der Waals surface area contributed by atoms with Crippen molar-refractivity contribution in [1.29, 1.82) is 0 Å². The van der Waals surface area contributed by atoms with Crippen molar-refractivity contribution in [2.45, 2.75) is 38.7 Å². The van der Waals surface area contributed by atoms with Crippen molar-refractivity contribution < 1.29 is 18.7 Å². The molecule has 0 radical (unpaired) electrons. The number of anilines is 2. The number of rotatable bonds is 3. The summed E-state index contributed by atoms with van der Waals surface area (Å²) in [4.78, 5) is 24.3. The number of amides is 2. The molecule has 1 aliphatic carbocycles. The summed E-state index contributed by atoms with van der Waals surface area (Å²) in [6, 6.07) is 9.49. The van der Waals surface area contributed by atoms with E-state index in [1.54, 1.807) is 31.4 Å². The summed E-state index contributed by atoms with van der Waals surface area (Å²) < 4.78 is 11.2. The van der Waals surface area contributed by atoms with Gasteiger partial charge in [0.2, 0.25) is 5.91 Å². The summed E-state index contributed by atoms with van der Waals surface area (Å²) in [5.41, 5.74) is 5.60. The average molecular weight is 376 g/mol. The molecule has 28 heavy (non-hydrogen) atoms. The van der Waals surface area contributed by atoms with E-state index in [0.717, 1.165) is 29.4 Å². The van der Waals surface area contributed by atoms with E-state index in [1.165, 1.54) is 17.5 Å². The Balaban J connectivity index is 1.34. The van der Waals surface area contributed by atoms with E-state index >= 15 is 0 Å². The Labute approximate surface area is 161 Å². The van der Waals surface area contributed by atoms with Gasteiger partial charge in [0.15, 0.2) is 6.10 Å². The highest BCUT2D eigenvalue weighted by Gasteiger charge is 2.24. The van der Waals surface area contributed by atoms with Gasteiger partial charge in [-0.25, -0.2) is 0 Å². The van der Waals surface area contributed by atoms with E-state index in [0.29, 0.717) is 17.1 Å². The first-order chi connectivity index (χ1) is 13.6. The lowest BCUT2D eigenvalue weighted by atomic mass is 10.0. The van der Waals surface area contributed by atoms with Crippen LogP contribution in [0.3, 0.4) is 0 Å². The Morgan fingerprint density at radius 3 is 2.89 bits per heavy atom. The zero-order valence-corrected chi connectivity index (χ0v) is 15.5. The van der Waals surface area contributed by atoms with Crippen molar-refractivity contribution in [3.63, 3.8) is 0 Å². The maximum Gasteiger partial charge on any atom is 0.265 e. The smallest absolute Gasteiger partial charge is 0.265 e. The molecule has 1 aromatic heterocycles. The Hall–Kier alpha value is -3.28. The largest absolute Gasteiger partial charge is 0.479 e. The third-order valence-corrected chi connectivity index (χ3v) is 5.41. The molecule has 3 aromatic rings. The summed E-state index contributed by atoms with van der Waals surface area (Å²) in [5.74, 6) is 0.257. The number of carbonyl (C=O) groups is 2. The molecular weight excluding hydrogens is 356 g/mol. The van der Waals surface area contributed by atoms with Crippen LogP contribution >= 0.6 is 0 Å². The molecule has 2 N–H and O–H groups in total. The molecule has 6 nitrogen and oxygen atoms in total. The van der Waals surface area contributed by atoms with Gasteiger partial charge in [0, 0.05) is 16.6 Å². The van der Waals surface area contributed by atoms with Gasteiger partial charge in [-0.05, 0) is 67.6 Å².